The monoisotopic (exact) mass is 319 g/mol. The van der Waals surface area contributed by atoms with Crippen LogP contribution in [-0.2, 0) is 20.9 Å². The van der Waals surface area contributed by atoms with E-state index in [-0.39, 0.29) is 0 Å². The van der Waals surface area contributed by atoms with E-state index in [0.29, 0.717) is 6.26 Å². The van der Waals surface area contributed by atoms with Crippen LogP contribution in [0, 0.1) is 0 Å². The molecule has 2 aliphatic rings. The van der Waals surface area contributed by atoms with Crippen LogP contribution in [0.1, 0.15) is 0 Å². The molecule has 8 heteroatoms. The van der Waals surface area contributed by atoms with E-state index >= 15 is 0 Å². The van der Waals surface area contributed by atoms with Crippen molar-refractivity contribution in [2.75, 3.05) is 23.6 Å². The number of thioether (sulfide) groups is 1. The van der Waals surface area contributed by atoms with Gasteiger partial charge in [0.15, 0.2) is 0 Å². The minimum atomic E-state index is -3.67. The fourth-order valence-corrected chi connectivity index (χ4v) is 3.97. The molecule has 1 unspecified atom stereocenters. The SMILES string of the molecule is CS(=O)(=O)O.O=S1C=CCN2CSc3cccc1c32. The number of anilines is 1. The molecule has 19 heavy (non-hydrogen) atoms. The van der Waals surface area contributed by atoms with Gasteiger partial charge in [-0.05, 0) is 12.1 Å². The molecular weight excluding hydrogens is 306 g/mol. The molecule has 104 valence electrons. The maximum absolute atomic E-state index is 11.8. The van der Waals surface area contributed by atoms with Gasteiger partial charge in [-0.25, -0.2) is 4.21 Å². The van der Waals surface area contributed by atoms with Crippen LogP contribution >= 0.6 is 11.8 Å². The van der Waals surface area contributed by atoms with Gasteiger partial charge in [-0.2, -0.15) is 8.42 Å². The number of rotatable bonds is 0. The molecular formula is C11H13NO4S3. The zero-order valence-corrected chi connectivity index (χ0v) is 12.6. The summed E-state index contributed by atoms with van der Waals surface area (Å²) in [5, 5.41) is 1.79. The smallest absolute Gasteiger partial charge is 0.261 e. The fraction of sp³-hybridized carbons (Fsp3) is 0.273. The Labute approximate surface area is 118 Å². The van der Waals surface area contributed by atoms with Crippen LogP contribution in [0.25, 0.3) is 0 Å². The molecule has 2 aliphatic heterocycles. The van der Waals surface area contributed by atoms with Crippen molar-refractivity contribution in [2.45, 2.75) is 9.79 Å². The Morgan fingerprint density at radius 2 is 2.11 bits per heavy atom. The summed E-state index contributed by atoms with van der Waals surface area (Å²) in [6, 6.07) is 6.05. The largest absolute Gasteiger partial charge is 0.356 e. The third-order valence-corrected chi connectivity index (χ3v) is 4.70. The minimum absolute atomic E-state index is 0.715. The molecule has 0 bridgehead atoms. The Morgan fingerprint density at radius 1 is 1.42 bits per heavy atom. The lowest BCUT2D eigenvalue weighted by Crippen LogP contribution is -2.18. The minimum Gasteiger partial charge on any atom is -0.356 e. The lowest BCUT2D eigenvalue weighted by atomic mass is 10.3. The second-order valence-electron chi connectivity index (χ2n) is 4.00. The van der Waals surface area contributed by atoms with Crippen molar-refractivity contribution < 1.29 is 17.2 Å². The van der Waals surface area contributed by atoms with E-state index in [9.17, 15) is 12.6 Å². The van der Waals surface area contributed by atoms with Crippen molar-refractivity contribution in [3.05, 3.63) is 29.7 Å². The Hall–Kier alpha value is -0.830. The van der Waals surface area contributed by atoms with E-state index in [4.69, 9.17) is 4.55 Å². The average molecular weight is 319 g/mol. The van der Waals surface area contributed by atoms with Gasteiger partial charge in [0.1, 0.15) is 0 Å². The summed E-state index contributed by atoms with van der Waals surface area (Å²) >= 11 is 1.82. The maximum atomic E-state index is 11.8. The van der Waals surface area contributed by atoms with Crippen LogP contribution in [0.2, 0.25) is 0 Å². The fourth-order valence-electron chi connectivity index (χ4n) is 1.78. The van der Waals surface area contributed by atoms with E-state index in [1.54, 1.807) is 5.41 Å². The van der Waals surface area contributed by atoms with Crippen molar-refractivity contribution in [1.29, 1.82) is 0 Å². The van der Waals surface area contributed by atoms with Crippen LogP contribution in [0.15, 0.2) is 39.5 Å². The van der Waals surface area contributed by atoms with Crippen LogP contribution in [0.3, 0.4) is 0 Å². The Bertz CT molecular complexity index is 631. The summed E-state index contributed by atoms with van der Waals surface area (Å²) in [6.45, 7) is 0.878. The summed E-state index contributed by atoms with van der Waals surface area (Å²) in [4.78, 5) is 4.50. The standard InChI is InChI=1S/C10H9NOS2.CH4O3S/c12-14-6-2-5-11-7-13-8-3-1-4-9(14)10(8)11;1-5(2,3)4/h1-4,6H,5,7H2;1H3,(H,2,3,4). The zero-order chi connectivity index (χ0) is 14.0. The lowest BCUT2D eigenvalue weighted by Gasteiger charge is -2.16. The first kappa shape index (κ1) is 14.6. The molecule has 0 fully saturated rings. The van der Waals surface area contributed by atoms with Crippen molar-refractivity contribution in [3.8, 4) is 0 Å². The summed E-state index contributed by atoms with van der Waals surface area (Å²) in [7, 11) is -4.63. The van der Waals surface area contributed by atoms with Gasteiger partial charge in [0.2, 0.25) is 0 Å². The number of nitrogens with zero attached hydrogens (tertiary/aromatic N) is 1. The van der Waals surface area contributed by atoms with Gasteiger partial charge in [-0.1, -0.05) is 12.1 Å². The second-order valence-corrected chi connectivity index (χ2v) is 7.76. The first-order valence-corrected chi connectivity index (χ1v) is 9.41. The molecule has 1 aromatic rings. The molecule has 0 radical (unpaired) electrons. The van der Waals surface area contributed by atoms with Crippen LogP contribution in [-0.4, -0.2) is 35.9 Å². The van der Waals surface area contributed by atoms with Crippen molar-refractivity contribution in [3.63, 3.8) is 0 Å². The molecule has 2 heterocycles. The number of benzene rings is 1. The van der Waals surface area contributed by atoms with Crippen LogP contribution < -0.4 is 4.90 Å². The van der Waals surface area contributed by atoms with Gasteiger partial charge in [-0.15, -0.1) is 11.8 Å². The highest BCUT2D eigenvalue weighted by Gasteiger charge is 2.25. The average Bonchev–Trinajstić information content (AvgIpc) is 2.62. The molecule has 5 nitrogen and oxygen atoms in total. The van der Waals surface area contributed by atoms with Gasteiger partial charge < -0.3 is 4.90 Å². The van der Waals surface area contributed by atoms with E-state index in [0.717, 1.165) is 17.3 Å². The second kappa shape index (κ2) is 5.66. The van der Waals surface area contributed by atoms with Gasteiger partial charge >= 0.3 is 0 Å². The highest BCUT2D eigenvalue weighted by molar-refractivity contribution is 8.00. The highest BCUT2D eigenvalue weighted by atomic mass is 32.2. The number of para-hydroxylation sites is 1. The Balaban J connectivity index is 0.000000232. The summed E-state index contributed by atoms with van der Waals surface area (Å²) in [5.74, 6) is 0.980. The Kier molecular flexibility index (Phi) is 4.34. The van der Waals surface area contributed by atoms with Crippen molar-refractivity contribution in [2.24, 2.45) is 0 Å². The number of hydrogen-bond acceptors (Lipinski definition) is 5. The van der Waals surface area contributed by atoms with Crippen LogP contribution in [0.4, 0.5) is 5.69 Å². The molecule has 0 saturated carbocycles. The first-order valence-electron chi connectivity index (χ1n) is 5.37. The number of hydrogen-bond donors (Lipinski definition) is 1. The van der Waals surface area contributed by atoms with E-state index < -0.39 is 20.9 Å². The Morgan fingerprint density at radius 3 is 2.79 bits per heavy atom. The van der Waals surface area contributed by atoms with Gasteiger partial charge in [0.05, 0.1) is 33.5 Å². The molecule has 0 aliphatic carbocycles. The van der Waals surface area contributed by atoms with E-state index in [1.807, 2.05) is 30.0 Å². The van der Waals surface area contributed by atoms with Crippen molar-refractivity contribution in [1.82, 2.24) is 0 Å². The summed E-state index contributed by atoms with van der Waals surface area (Å²) in [6.07, 6.45) is 2.71. The van der Waals surface area contributed by atoms with Gasteiger partial charge in [-0.3, -0.25) is 4.55 Å². The molecule has 0 amide bonds. The predicted octanol–water partition coefficient (Wildman–Crippen LogP) is 1.70. The van der Waals surface area contributed by atoms with Crippen molar-refractivity contribution >= 4 is 38.4 Å². The zero-order valence-electron chi connectivity index (χ0n) is 10.1. The predicted molar refractivity (Wildman–Crippen MR) is 77.5 cm³/mol. The third-order valence-electron chi connectivity index (χ3n) is 2.42. The molecule has 1 aromatic carbocycles. The molecule has 0 spiro atoms. The maximum Gasteiger partial charge on any atom is 0.261 e. The molecule has 0 saturated heterocycles. The summed E-state index contributed by atoms with van der Waals surface area (Å²) < 4.78 is 37.7. The quantitative estimate of drug-likeness (QED) is 0.734. The van der Waals surface area contributed by atoms with E-state index in [1.165, 1.54) is 10.6 Å². The normalized spacial score (nSPS) is 20.3. The topological polar surface area (TPSA) is 74.7 Å². The molecule has 1 atom stereocenters. The van der Waals surface area contributed by atoms with Crippen LogP contribution in [0.5, 0.6) is 0 Å². The van der Waals surface area contributed by atoms with E-state index in [2.05, 4.69) is 11.0 Å². The molecule has 1 N–H and O–H groups in total. The highest BCUT2D eigenvalue weighted by Crippen LogP contribution is 2.42. The van der Waals surface area contributed by atoms with Gasteiger partial charge in [0, 0.05) is 16.8 Å². The molecule has 0 aromatic heterocycles. The first-order chi connectivity index (χ1) is 8.86. The summed E-state index contributed by atoms with van der Waals surface area (Å²) in [5.41, 5.74) is 1.18. The third kappa shape index (κ3) is 3.82. The lowest BCUT2D eigenvalue weighted by molar-refractivity contribution is 0.490. The molecule has 3 rings (SSSR count). The van der Waals surface area contributed by atoms with Gasteiger partial charge in [0.25, 0.3) is 10.1 Å².